The predicted molar refractivity (Wildman–Crippen MR) is 109 cm³/mol. The number of aliphatic hydroxyl groups is 1. The van der Waals surface area contributed by atoms with E-state index in [-0.39, 0.29) is 30.9 Å². The Labute approximate surface area is 162 Å². The molecule has 0 aliphatic rings. The fraction of sp³-hybridized carbons (Fsp3) is 0.500. The summed E-state index contributed by atoms with van der Waals surface area (Å²) < 4.78 is 29.8. The molecule has 0 heterocycles. The second kappa shape index (κ2) is 714. The molecule has 3 N–H and O–H groups in total. The number of alkyl halides is 1. The molecule has 13 heteroatoms. The van der Waals surface area contributed by atoms with Crippen molar-refractivity contribution in [3.63, 3.8) is 0 Å². The Morgan fingerprint density at radius 3 is 1.09 bits per heavy atom. The molecule has 0 bridgehead atoms. The number of aliphatic hydroxyl groups excluding tert-OH is 1. The standard InChI is InChI=1S/C2H3FO.3C2H5.CH3FO.CHFO.I2.HI.H2O.3Rf.H/c1-2(3)4;3*1-2;2*2-1-3;1-2;;;;;;/h1H3;3*1H2,2H3;3H,1H2;1H;;1H;1H2;;;;/q;3*-1;;;;;;;;;-1. The van der Waals surface area contributed by atoms with Gasteiger partial charge >= 0.3 is 0 Å². The van der Waals surface area contributed by atoms with Crippen molar-refractivity contribution in [1.82, 2.24) is 0 Å². The van der Waals surface area contributed by atoms with Crippen molar-refractivity contribution in [2.45, 2.75) is 27.7 Å². The van der Waals surface area contributed by atoms with E-state index in [9.17, 15) is 13.2 Å². The Balaban J connectivity index is -0.00000000522. The summed E-state index contributed by atoms with van der Waals surface area (Å²) in [7, 11) is 0. The molecule has 0 aromatic rings. The van der Waals surface area contributed by atoms with Crippen LogP contribution in [0.1, 0.15) is 29.1 Å². The van der Waals surface area contributed by atoms with E-state index in [2.05, 4.69) is 58.0 Å². The first-order chi connectivity index (χ1) is 8.56. The van der Waals surface area contributed by atoms with Gasteiger partial charge in [-0.2, -0.15) is 29.6 Å². The molecule has 0 radical (unpaired) electrons. The first kappa shape index (κ1) is 102. The Morgan fingerprint density at radius 2 is 1.09 bits per heavy atom. The summed E-state index contributed by atoms with van der Waals surface area (Å²) in [5.41, 5.74) is 0. The fourth-order valence-corrected chi connectivity index (χ4v) is 0. The van der Waals surface area contributed by atoms with Crippen LogP contribution in [0.15, 0.2) is 0 Å². The molecule has 0 saturated carbocycles. The van der Waals surface area contributed by atoms with Crippen molar-refractivity contribution in [1.29, 1.82) is 0 Å². The summed E-state index contributed by atoms with van der Waals surface area (Å²) >= 11 is 4.24. The summed E-state index contributed by atoms with van der Waals surface area (Å²) in [5, 5.41) is 6.90. The molecule has 142 valence electrons. The van der Waals surface area contributed by atoms with Gasteiger partial charge in [-0.15, -0.1) is 24.0 Å². The van der Waals surface area contributed by atoms with Crippen molar-refractivity contribution in [3.05, 3.63) is 20.8 Å². The maximum Gasteiger partial charge on any atom is 0.298 e. The van der Waals surface area contributed by atoms with Crippen LogP contribution < -0.4 is 0 Å². The minimum Gasteiger partial charge on any atom is -1.00 e. The van der Waals surface area contributed by atoms with Gasteiger partial charge in [0.1, 0.15) is 0 Å². The van der Waals surface area contributed by atoms with Crippen LogP contribution in [0, 0.1) is 20.8 Å². The van der Waals surface area contributed by atoms with E-state index >= 15 is 0 Å². The third kappa shape index (κ3) is 2170. The van der Waals surface area contributed by atoms with E-state index in [1.54, 1.807) is 20.8 Å². The Hall–Kier alpha value is -1.76. The summed E-state index contributed by atoms with van der Waals surface area (Å²) in [6.07, 6.45) is 0. The number of carbonyl (C=O) groups excluding carboxylic acids is 2. The van der Waals surface area contributed by atoms with Gasteiger partial charge in [0.05, 0.1) is 0 Å². The van der Waals surface area contributed by atoms with E-state index in [1.165, 1.54) is 0 Å². The average Bonchev–Trinajstić information content (AvgIpc) is 2.39. The summed E-state index contributed by atoms with van der Waals surface area (Å²) in [5.74, 6) is 0. The van der Waals surface area contributed by atoms with Crippen LogP contribution in [0.2, 0.25) is 0 Å². The zero-order valence-electron chi connectivity index (χ0n) is 15.1. The van der Waals surface area contributed by atoms with Gasteiger partial charge in [0, 0.05) is 44.2 Å². The normalized spacial score (nSPS) is 3.52. The number of carbonyl (C=O) groups is 2. The van der Waals surface area contributed by atoms with Crippen LogP contribution in [0.25, 0.3) is 0 Å². The molecule has 0 fully saturated rings. The van der Waals surface area contributed by atoms with Crippen molar-refractivity contribution in [3.8, 4) is 0 Å². The molecule has 0 saturated heterocycles. The molecule has 0 amide bonds. The van der Waals surface area contributed by atoms with Gasteiger partial charge in [-0.25, -0.2) is 4.39 Å². The molecule has 0 aromatic carbocycles. The molecule has 0 aliphatic carbocycles. The average molecular weight is 1450 g/mol. The van der Waals surface area contributed by atoms with Crippen LogP contribution in [-0.2, 0) is 9.59 Å². The van der Waals surface area contributed by atoms with Crippen LogP contribution in [0.3, 0.4) is 0 Å². The Kier molecular flexibility index (Phi) is 3160. The number of hydrogen-bond acceptors (Lipinski definition) is 3. The van der Waals surface area contributed by atoms with Gasteiger partial charge in [-0.05, 0) is 0 Å². The monoisotopic (exact) mass is 1450 g/mol. The Bertz CT molecular complexity index is 111. The van der Waals surface area contributed by atoms with E-state index in [4.69, 9.17) is 14.7 Å². The van der Waals surface area contributed by atoms with Crippen molar-refractivity contribution in [2.75, 3.05) is 6.86 Å². The van der Waals surface area contributed by atoms with Gasteiger partial charge in [-0.1, -0.05) is 0 Å². The minimum atomic E-state index is -1.33. The number of hydrogen-bond donors (Lipinski definition) is 1. The van der Waals surface area contributed by atoms with E-state index in [0.717, 1.165) is 6.92 Å². The molecule has 4 nitrogen and oxygen atoms in total. The van der Waals surface area contributed by atoms with E-state index in [1.807, 2.05) is 0 Å². The van der Waals surface area contributed by atoms with Crippen molar-refractivity contribution < 1.29 is 34.8 Å². The molecule has 0 spiro atoms. The molecular weight excluding hydrogens is 1420 g/mol. The topological polar surface area (TPSA) is 85.9 Å². The third-order valence-electron chi connectivity index (χ3n) is 0. The van der Waals surface area contributed by atoms with Gasteiger partial charge in [0.2, 0.25) is 0 Å². The van der Waals surface area contributed by atoms with Crippen molar-refractivity contribution >= 4 is 73.8 Å². The first-order valence-corrected chi connectivity index (χ1v) is 10.5. The first-order valence-electron chi connectivity index (χ1n) is 4.19. The summed E-state index contributed by atoms with van der Waals surface area (Å²) in [6, 6.07) is -1.33. The minimum absolute atomic E-state index is 0. The zero-order valence-corrected chi connectivity index (χ0v) is 39.9. The Morgan fingerprint density at radius 1 is 1.09 bits per heavy atom. The molecule has 0 unspecified atom stereocenters. The largest absolute Gasteiger partial charge is 1.00 e. The quantitative estimate of drug-likeness (QED) is 0.165. The molecule has 0 atom stereocenters. The predicted octanol–water partition coefficient (Wildman–Crippen LogP) is 4.75. The van der Waals surface area contributed by atoms with E-state index in [0.29, 0.717) is 0 Å². The molecule has 0 aliphatic heterocycles. The van der Waals surface area contributed by atoms with Crippen LogP contribution in [0.5, 0.6) is 0 Å². The number of halogens is 6. The van der Waals surface area contributed by atoms with Gasteiger partial charge in [0.25, 0.3) is 12.6 Å². The van der Waals surface area contributed by atoms with Crippen molar-refractivity contribution in [2.24, 2.45) is 0 Å². The maximum atomic E-state index is 10.4. The van der Waals surface area contributed by atoms with Gasteiger partial charge < -0.3 is 32.8 Å². The van der Waals surface area contributed by atoms with Crippen LogP contribution in [0.4, 0.5) is 13.2 Å². The molecule has 0 rings (SSSR count). The smallest absolute Gasteiger partial charge is 0.298 e. The summed E-state index contributed by atoms with van der Waals surface area (Å²) in [4.78, 5) is 16.9. The van der Waals surface area contributed by atoms with Crippen LogP contribution in [-0.4, -0.2) is 30.0 Å². The third-order valence-corrected chi connectivity index (χ3v) is 0. The SMILES string of the molecule is CC(=O)F.I.II.O.O=CF.OCF.[CH2-]C.[CH2-]C.[CH2-]C.[H-].[Rf].[Rf].[Rf]. The molecule has 23 heavy (non-hydrogen) atoms. The molecule has 0 aromatic heterocycles. The molecular formula is C10H26F3I3O4Rf3-4. The summed E-state index contributed by atoms with van der Waals surface area (Å²) in [6.45, 7) is 13.9. The number of rotatable bonds is 0. The second-order valence-electron chi connectivity index (χ2n) is 0.679. The maximum absolute atomic E-state index is 10.4. The van der Waals surface area contributed by atoms with Crippen LogP contribution >= 0.6 is 61.2 Å². The zero-order chi connectivity index (χ0) is 17.0. The van der Waals surface area contributed by atoms with Gasteiger partial charge in [-0.3, -0.25) is 9.59 Å². The van der Waals surface area contributed by atoms with Gasteiger partial charge in [0.15, 0.2) is 6.86 Å². The second-order valence-corrected chi connectivity index (χ2v) is 0.679. The fourth-order valence-electron chi connectivity index (χ4n) is 0. The van der Waals surface area contributed by atoms with E-state index < -0.39 is 19.4 Å².